The summed E-state index contributed by atoms with van der Waals surface area (Å²) in [5.41, 5.74) is 0.826. The Morgan fingerprint density at radius 2 is 2.58 bits per heavy atom. The highest BCUT2D eigenvalue weighted by Crippen LogP contribution is 2.16. The van der Waals surface area contributed by atoms with Crippen molar-refractivity contribution in [3.8, 4) is 12.3 Å². The van der Waals surface area contributed by atoms with Crippen LogP contribution in [0.5, 0.6) is 0 Å². The third-order valence-corrected chi connectivity index (χ3v) is 1.70. The molecule has 2 N–H and O–H groups in total. The summed E-state index contributed by atoms with van der Waals surface area (Å²) in [7, 11) is 0. The van der Waals surface area contributed by atoms with Gasteiger partial charge in [-0.3, -0.25) is 5.10 Å². The molecule has 3 heteroatoms. The lowest BCUT2D eigenvalue weighted by Crippen LogP contribution is -1.94. The molecule has 0 saturated carbocycles. The molecule has 1 aromatic rings. The van der Waals surface area contributed by atoms with Crippen molar-refractivity contribution in [1.29, 1.82) is 0 Å². The largest absolute Gasteiger partial charge is 0.388 e. The molecule has 12 heavy (non-hydrogen) atoms. The quantitative estimate of drug-likeness (QED) is 0.519. The van der Waals surface area contributed by atoms with Gasteiger partial charge in [0, 0.05) is 18.2 Å². The van der Waals surface area contributed by atoms with Crippen molar-refractivity contribution in [3.63, 3.8) is 0 Å². The number of hydrogen-bond acceptors (Lipinski definition) is 2. The molecule has 1 heterocycles. The summed E-state index contributed by atoms with van der Waals surface area (Å²) in [6, 6.07) is 0. The molecule has 1 aromatic heterocycles. The van der Waals surface area contributed by atoms with E-state index in [2.05, 4.69) is 16.1 Å². The van der Waals surface area contributed by atoms with Gasteiger partial charge >= 0.3 is 0 Å². The Kier molecular flexibility index (Phi) is 3.36. The van der Waals surface area contributed by atoms with Gasteiger partial charge in [0.15, 0.2) is 0 Å². The van der Waals surface area contributed by atoms with E-state index in [1.165, 1.54) is 0 Å². The van der Waals surface area contributed by atoms with Crippen LogP contribution in [0.25, 0.3) is 0 Å². The van der Waals surface area contributed by atoms with Crippen molar-refractivity contribution >= 4 is 0 Å². The van der Waals surface area contributed by atoms with Gasteiger partial charge in [-0.2, -0.15) is 5.10 Å². The number of aliphatic hydroxyl groups is 1. The zero-order valence-corrected chi connectivity index (χ0v) is 6.83. The normalized spacial score (nSPS) is 12.3. The minimum Gasteiger partial charge on any atom is -0.388 e. The van der Waals surface area contributed by atoms with Crippen LogP contribution in [-0.4, -0.2) is 15.3 Å². The zero-order chi connectivity index (χ0) is 8.81. The monoisotopic (exact) mass is 164 g/mol. The summed E-state index contributed by atoms with van der Waals surface area (Å²) in [5, 5.41) is 15.9. The van der Waals surface area contributed by atoms with Crippen molar-refractivity contribution in [3.05, 3.63) is 18.0 Å². The number of H-pyrrole nitrogens is 1. The number of rotatable bonds is 4. The van der Waals surface area contributed by atoms with Crippen molar-refractivity contribution in [2.75, 3.05) is 0 Å². The number of nitrogens with zero attached hydrogens (tertiary/aromatic N) is 1. The third-order valence-electron chi connectivity index (χ3n) is 1.70. The molecule has 0 aliphatic rings. The molecule has 0 saturated heterocycles. The van der Waals surface area contributed by atoms with Crippen LogP contribution in [0.1, 0.15) is 30.9 Å². The average Bonchev–Trinajstić information content (AvgIpc) is 2.56. The van der Waals surface area contributed by atoms with Crippen LogP contribution in [0, 0.1) is 12.3 Å². The first-order valence-electron chi connectivity index (χ1n) is 3.95. The van der Waals surface area contributed by atoms with E-state index in [4.69, 9.17) is 6.42 Å². The van der Waals surface area contributed by atoms with Crippen LogP contribution < -0.4 is 0 Å². The smallest absolute Gasteiger partial charge is 0.0820 e. The van der Waals surface area contributed by atoms with Crippen LogP contribution in [0.15, 0.2) is 12.4 Å². The maximum absolute atomic E-state index is 9.51. The molecule has 0 spiro atoms. The number of unbranched alkanes of at least 4 members (excludes halogenated alkanes) is 1. The van der Waals surface area contributed by atoms with Crippen LogP contribution in [0.3, 0.4) is 0 Å². The first-order chi connectivity index (χ1) is 5.84. The van der Waals surface area contributed by atoms with E-state index in [9.17, 15) is 5.11 Å². The fraction of sp³-hybridized carbons (Fsp3) is 0.444. The molecule has 0 aromatic carbocycles. The van der Waals surface area contributed by atoms with Gasteiger partial charge in [-0.1, -0.05) is 0 Å². The van der Waals surface area contributed by atoms with Crippen LogP contribution in [-0.2, 0) is 0 Å². The predicted octanol–water partition coefficient (Wildman–Crippen LogP) is 1.25. The molecule has 1 unspecified atom stereocenters. The Labute approximate surface area is 71.8 Å². The van der Waals surface area contributed by atoms with Crippen molar-refractivity contribution in [2.45, 2.75) is 25.4 Å². The van der Waals surface area contributed by atoms with Gasteiger partial charge in [-0.05, 0) is 12.8 Å². The molecule has 64 valence electrons. The van der Waals surface area contributed by atoms with Gasteiger partial charge in [0.2, 0.25) is 0 Å². The predicted molar refractivity (Wildman–Crippen MR) is 46.2 cm³/mol. The van der Waals surface area contributed by atoms with E-state index < -0.39 is 6.10 Å². The summed E-state index contributed by atoms with van der Waals surface area (Å²) in [6.45, 7) is 0. The lowest BCUT2D eigenvalue weighted by Gasteiger charge is -2.05. The van der Waals surface area contributed by atoms with Crippen LogP contribution >= 0.6 is 0 Å². The SMILES string of the molecule is C#CCCCC(O)c1cn[nH]c1. The molecule has 0 aliphatic heterocycles. The maximum Gasteiger partial charge on any atom is 0.0820 e. The fourth-order valence-corrected chi connectivity index (χ4v) is 1.01. The Bertz CT molecular complexity index is 248. The summed E-state index contributed by atoms with van der Waals surface area (Å²) in [5.74, 6) is 2.53. The lowest BCUT2D eigenvalue weighted by molar-refractivity contribution is 0.165. The first kappa shape index (κ1) is 8.82. The first-order valence-corrected chi connectivity index (χ1v) is 3.95. The number of aromatic nitrogens is 2. The number of hydrogen-bond donors (Lipinski definition) is 2. The standard InChI is InChI=1S/C9H12N2O/c1-2-3-4-5-9(12)8-6-10-11-7-8/h1,6-7,9,12H,3-5H2,(H,10,11). The molecule has 0 bridgehead atoms. The topological polar surface area (TPSA) is 48.9 Å². The van der Waals surface area contributed by atoms with E-state index in [1.54, 1.807) is 12.4 Å². The zero-order valence-electron chi connectivity index (χ0n) is 6.83. The second-order valence-corrected chi connectivity index (χ2v) is 2.64. The van der Waals surface area contributed by atoms with E-state index >= 15 is 0 Å². The number of terminal acetylenes is 1. The minimum atomic E-state index is -0.433. The average molecular weight is 164 g/mol. The van der Waals surface area contributed by atoms with Gasteiger partial charge in [0.05, 0.1) is 12.3 Å². The van der Waals surface area contributed by atoms with Crippen molar-refractivity contribution in [2.24, 2.45) is 0 Å². The summed E-state index contributed by atoms with van der Waals surface area (Å²) in [4.78, 5) is 0. The Hall–Kier alpha value is -1.27. The minimum absolute atomic E-state index is 0.433. The second-order valence-electron chi connectivity index (χ2n) is 2.64. The molecule has 1 atom stereocenters. The van der Waals surface area contributed by atoms with Crippen molar-refractivity contribution < 1.29 is 5.11 Å². The summed E-state index contributed by atoms with van der Waals surface area (Å²) >= 11 is 0. The molecule has 0 amide bonds. The number of nitrogens with one attached hydrogen (secondary N) is 1. The second kappa shape index (κ2) is 4.58. The number of aromatic amines is 1. The Morgan fingerprint density at radius 3 is 3.17 bits per heavy atom. The highest BCUT2D eigenvalue weighted by Gasteiger charge is 2.06. The number of aliphatic hydroxyl groups excluding tert-OH is 1. The Morgan fingerprint density at radius 1 is 1.75 bits per heavy atom. The molecule has 1 rings (SSSR count). The van der Waals surface area contributed by atoms with E-state index in [0.717, 1.165) is 18.4 Å². The summed E-state index contributed by atoms with van der Waals surface area (Å²) < 4.78 is 0. The van der Waals surface area contributed by atoms with E-state index in [0.29, 0.717) is 6.42 Å². The van der Waals surface area contributed by atoms with E-state index in [1.807, 2.05) is 0 Å². The maximum atomic E-state index is 9.51. The Balaban J connectivity index is 2.30. The van der Waals surface area contributed by atoms with Crippen LogP contribution in [0.4, 0.5) is 0 Å². The molecular weight excluding hydrogens is 152 g/mol. The lowest BCUT2D eigenvalue weighted by atomic mass is 10.1. The van der Waals surface area contributed by atoms with Gasteiger partial charge in [0.25, 0.3) is 0 Å². The molecule has 0 fully saturated rings. The van der Waals surface area contributed by atoms with Gasteiger partial charge < -0.3 is 5.11 Å². The third kappa shape index (κ3) is 2.40. The van der Waals surface area contributed by atoms with E-state index in [-0.39, 0.29) is 0 Å². The fourth-order valence-electron chi connectivity index (χ4n) is 1.01. The van der Waals surface area contributed by atoms with Gasteiger partial charge in [0.1, 0.15) is 0 Å². The molecule has 0 aliphatic carbocycles. The molecule has 0 radical (unpaired) electrons. The van der Waals surface area contributed by atoms with Crippen molar-refractivity contribution in [1.82, 2.24) is 10.2 Å². The van der Waals surface area contributed by atoms with Gasteiger partial charge in [-0.15, -0.1) is 12.3 Å². The molecular formula is C9H12N2O. The summed E-state index contributed by atoms with van der Waals surface area (Å²) in [6.07, 6.45) is 10.2. The highest BCUT2D eigenvalue weighted by atomic mass is 16.3. The highest BCUT2D eigenvalue weighted by molar-refractivity contribution is 5.06. The molecule has 3 nitrogen and oxygen atoms in total. The van der Waals surface area contributed by atoms with Crippen LogP contribution in [0.2, 0.25) is 0 Å². The van der Waals surface area contributed by atoms with Gasteiger partial charge in [-0.25, -0.2) is 0 Å².